The second-order valence-corrected chi connectivity index (χ2v) is 11.7. The van der Waals surface area contributed by atoms with Crippen molar-refractivity contribution in [2.24, 2.45) is 10.2 Å². The van der Waals surface area contributed by atoms with E-state index in [1.54, 1.807) is 66.6 Å². The first kappa shape index (κ1) is 33.2. The van der Waals surface area contributed by atoms with Crippen LogP contribution in [0.3, 0.4) is 0 Å². The van der Waals surface area contributed by atoms with Gasteiger partial charge < -0.3 is 29.3 Å². The number of piperazine rings is 1. The predicted molar refractivity (Wildman–Crippen MR) is 184 cm³/mol. The number of ether oxygens (including phenoxy) is 3. The van der Waals surface area contributed by atoms with Gasteiger partial charge in [0.1, 0.15) is 30.3 Å². The molecular weight excluding hydrogens is 663 g/mol. The summed E-state index contributed by atoms with van der Waals surface area (Å²) < 4.78 is 57.0. The molecule has 0 spiro atoms. The van der Waals surface area contributed by atoms with E-state index in [4.69, 9.17) is 20.6 Å². The van der Waals surface area contributed by atoms with Gasteiger partial charge in [0.15, 0.2) is 11.5 Å². The van der Waals surface area contributed by atoms with Crippen LogP contribution < -0.4 is 24.4 Å². The molecule has 2 aliphatic heterocycles. The summed E-state index contributed by atoms with van der Waals surface area (Å²) in [7, 11) is 1.56. The Labute approximate surface area is 290 Å². The average molecular weight is 694 g/mol. The number of hydrogen-bond donors (Lipinski definition) is 1. The molecule has 0 radical (unpaired) electrons. The van der Waals surface area contributed by atoms with Gasteiger partial charge in [0.25, 0.3) is 0 Å². The number of benzene rings is 4. The number of terminal acetylenes is 1. The molecule has 1 N–H and O–H groups in total. The van der Waals surface area contributed by atoms with Gasteiger partial charge >= 0.3 is 17.9 Å². The zero-order chi connectivity index (χ0) is 35.6. The van der Waals surface area contributed by atoms with Crippen LogP contribution in [0.25, 0.3) is 22.0 Å². The number of nitrogens with zero attached hydrogens (tertiary/aromatic N) is 6. The Bertz CT molecular complexity index is 2120. The van der Waals surface area contributed by atoms with Crippen LogP contribution >= 0.6 is 0 Å². The van der Waals surface area contributed by atoms with Gasteiger partial charge in [-0.05, 0) is 53.6 Å². The Hall–Kier alpha value is -6.36. The van der Waals surface area contributed by atoms with Crippen molar-refractivity contribution in [3.8, 4) is 46.5 Å². The van der Waals surface area contributed by atoms with Gasteiger partial charge in [0, 0.05) is 48.9 Å². The van der Waals surface area contributed by atoms with Crippen molar-refractivity contribution in [3.63, 3.8) is 0 Å². The fourth-order valence-electron chi connectivity index (χ4n) is 5.81. The molecule has 5 aromatic rings. The molecule has 7 rings (SSSR count). The van der Waals surface area contributed by atoms with Gasteiger partial charge in [-0.1, -0.05) is 42.3 Å². The zero-order valence-electron chi connectivity index (χ0n) is 27.2. The molecule has 2 aliphatic rings. The highest BCUT2D eigenvalue weighted by molar-refractivity contribution is 5.92. The number of carbonyl (C=O) groups is 1. The monoisotopic (exact) mass is 693 g/mol. The summed E-state index contributed by atoms with van der Waals surface area (Å²) in [5, 5.41) is 10.2. The van der Waals surface area contributed by atoms with Gasteiger partial charge in [-0.2, -0.15) is 13.2 Å². The average Bonchev–Trinajstić information content (AvgIpc) is 3.98. The first-order valence-corrected chi connectivity index (χ1v) is 15.9. The highest BCUT2D eigenvalue weighted by atomic mass is 19.4. The number of fused-ring (bicyclic) bond motifs is 1. The number of aromatic nitrogens is 2. The van der Waals surface area contributed by atoms with Crippen LogP contribution in [0.2, 0.25) is 0 Å². The normalized spacial score (nSPS) is 14.9. The third-order valence-electron chi connectivity index (χ3n) is 8.59. The number of alkyl halides is 3. The molecule has 2 amide bonds. The lowest BCUT2D eigenvalue weighted by Gasteiger charge is -2.35. The second-order valence-electron chi connectivity index (χ2n) is 11.7. The number of nitrogens with one attached hydrogen (secondary N) is 1. The first-order valence-electron chi connectivity index (χ1n) is 15.9. The van der Waals surface area contributed by atoms with Crippen LogP contribution in [0.15, 0.2) is 101 Å². The Morgan fingerprint density at radius 3 is 2.10 bits per heavy atom. The predicted octanol–water partition coefficient (Wildman–Crippen LogP) is 7.64. The number of rotatable bonds is 9. The summed E-state index contributed by atoms with van der Waals surface area (Å²) in [6.45, 7) is 2.21. The smallest absolute Gasteiger partial charge is 0.442 e. The minimum atomic E-state index is -4.56. The number of halogens is 3. The highest BCUT2D eigenvalue weighted by Crippen LogP contribution is 2.52. The summed E-state index contributed by atoms with van der Waals surface area (Å²) in [5.41, 5.74) is 0.407. The summed E-state index contributed by atoms with van der Waals surface area (Å²) in [4.78, 5) is 25.9. The van der Waals surface area contributed by atoms with Gasteiger partial charge in [-0.3, -0.25) is 0 Å². The van der Waals surface area contributed by atoms with Crippen LogP contribution in [0.5, 0.6) is 23.0 Å². The van der Waals surface area contributed by atoms with E-state index >= 15 is 0 Å². The third kappa shape index (κ3) is 6.78. The maximum absolute atomic E-state index is 13.3. The third-order valence-corrected chi connectivity index (χ3v) is 8.59. The standard InChI is InChI=1S/C37H30F3N7O4/c1-3-20-50-33-22-31-30(21-32(33)49-2)34(42-23-41-31)46-16-18-47(19-17-46)35(48)43-27-10-14-29(15-11-27)51-28-12-6-25(7-13-28)24-4-8-26(9-5-24)36(44-45-36)37(38,39)40/h1,4-15,21-23H,16-20H2,2H3,(H,43,48). The van der Waals surface area contributed by atoms with Gasteiger partial charge in [-0.25, -0.2) is 14.8 Å². The van der Waals surface area contributed by atoms with Gasteiger partial charge in [0.05, 0.1) is 12.6 Å². The topological polar surface area (TPSA) is 114 Å². The van der Waals surface area contributed by atoms with Crippen molar-refractivity contribution in [1.29, 1.82) is 0 Å². The van der Waals surface area contributed by atoms with Crippen molar-refractivity contribution in [2.75, 3.05) is 50.1 Å². The zero-order valence-corrected chi connectivity index (χ0v) is 27.2. The maximum Gasteiger partial charge on any atom is 0.442 e. The Morgan fingerprint density at radius 1 is 0.882 bits per heavy atom. The van der Waals surface area contributed by atoms with Crippen molar-refractivity contribution >= 4 is 28.4 Å². The fourth-order valence-corrected chi connectivity index (χ4v) is 5.81. The van der Waals surface area contributed by atoms with E-state index in [0.717, 1.165) is 22.3 Å². The van der Waals surface area contributed by atoms with Crippen molar-refractivity contribution in [2.45, 2.75) is 11.8 Å². The molecule has 1 saturated heterocycles. The number of hydrogen-bond acceptors (Lipinski definition) is 9. The Kier molecular flexibility index (Phi) is 8.78. The summed E-state index contributed by atoms with van der Waals surface area (Å²) >= 11 is 0. The van der Waals surface area contributed by atoms with E-state index in [9.17, 15) is 18.0 Å². The maximum atomic E-state index is 13.3. The van der Waals surface area contributed by atoms with Gasteiger partial charge in [-0.15, -0.1) is 16.7 Å². The first-order chi connectivity index (χ1) is 24.7. The van der Waals surface area contributed by atoms with Crippen molar-refractivity contribution < 1.29 is 32.2 Å². The number of urea groups is 1. The molecule has 1 fully saturated rings. The van der Waals surface area contributed by atoms with Crippen LogP contribution in [0, 0.1) is 12.3 Å². The van der Waals surface area contributed by atoms with E-state index in [1.165, 1.54) is 18.5 Å². The fraction of sp³-hybridized carbons (Fsp3) is 0.216. The van der Waals surface area contributed by atoms with Crippen LogP contribution in [-0.4, -0.2) is 67.0 Å². The number of carbonyl (C=O) groups excluding carboxylic acids is 1. The van der Waals surface area contributed by atoms with Crippen LogP contribution in [-0.2, 0) is 5.66 Å². The Morgan fingerprint density at radius 2 is 1.51 bits per heavy atom. The second kappa shape index (κ2) is 13.5. The molecule has 0 aliphatic carbocycles. The lowest BCUT2D eigenvalue weighted by molar-refractivity contribution is -0.166. The van der Waals surface area contributed by atoms with E-state index in [0.29, 0.717) is 60.4 Å². The molecule has 0 unspecified atom stereocenters. The van der Waals surface area contributed by atoms with Crippen molar-refractivity contribution in [1.82, 2.24) is 14.9 Å². The highest BCUT2D eigenvalue weighted by Gasteiger charge is 2.65. The number of amides is 2. The van der Waals surface area contributed by atoms with Crippen LogP contribution in [0.1, 0.15) is 5.56 Å². The molecule has 3 heterocycles. The van der Waals surface area contributed by atoms with Crippen LogP contribution in [0.4, 0.5) is 29.5 Å². The minimum absolute atomic E-state index is 0.0155. The quantitative estimate of drug-likeness (QED) is 0.158. The minimum Gasteiger partial charge on any atom is -0.493 e. The number of methoxy groups -OCH3 is 1. The van der Waals surface area contributed by atoms with Gasteiger partial charge in [0.2, 0.25) is 0 Å². The molecule has 14 heteroatoms. The molecule has 51 heavy (non-hydrogen) atoms. The molecular formula is C37H30F3N7O4. The van der Waals surface area contributed by atoms with E-state index in [1.807, 2.05) is 18.2 Å². The van der Waals surface area contributed by atoms with Crippen molar-refractivity contribution in [3.05, 3.63) is 96.8 Å². The number of anilines is 2. The molecule has 258 valence electrons. The summed E-state index contributed by atoms with van der Waals surface area (Å²) in [6, 6.07) is 23.6. The summed E-state index contributed by atoms with van der Waals surface area (Å²) in [5.74, 6) is 5.35. The molecule has 0 atom stereocenters. The van der Waals surface area contributed by atoms with E-state index in [-0.39, 0.29) is 18.2 Å². The lowest BCUT2D eigenvalue weighted by atomic mass is 9.98. The largest absolute Gasteiger partial charge is 0.493 e. The van der Waals surface area contributed by atoms with E-state index in [2.05, 4.69) is 36.3 Å². The molecule has 4 aromatic carbocycles. The molecule has 1 aromatic heterocycles. The molecule has 0 bridgehead atoms. The molecule has 0 saturated carbocycles. The lowest BCUT2D eigenvalue weighted by Crippen LogP contribution is -2.50. The molecule has 11 nitrogen and oxygen atoms in total. The Balaban J connectivity index is 0.921. The van der Waals surface area contributed by atoms with E-state index < -0.39 is 11.8 Å². The summed E-state index contributed by atoms with van der Waals surface area (Å²) in [6.07, 6.45) is 2.27. The SMILES string of the molecule is C#CCOc1cc2ncnc(N3CCN(C(=O)Nc4ccc(Oc5ccc(-c6ccc(C7(C(F)(F)F)N=N7)cc6)cc5)cc4)CC3)c2cc1OC.